The second kappa shape index (κ2) is 7.54. The lowest BCUT2D eigenvalue weighted by Crippen LogP contribution is -2.22. The normalized spacial score (nSPS) is 14.2. The number of nitrogens with two attached hydrogens (primary N) is 2. The SMILES string of the molecule is C[C@H](CSc1nc(N)nc(-c2c(Cl)cc3c4c(cccc24)COC3)n1)C(N)=O. The largest absolute Gasteiger partial charge is 0.372 e. The number of thioether (sulfide) groups is 1. The molecule has 1 atom stereocenters. The molecule has 7 nitrogen and oxygen atoms in total. The number of aromatic nitrogens is 3. The number of carbonyl (C=O) groups excluding carboxylic acids is 1. The fourth-order valence-corrected chi connectivity index (χ4v) is 4.37. The van der Waals surface area contributed by atoms with Crippen LogP contribution in [0.3, 0.4) is 0 Å². The van der Waals surface area contributed by atoms with Crippen LogP contribution in [-0.2, 0) is 22.7 Å². The minimum absolute atomic E-state index is 0.0964. The van der Waals surface area contributed by atoms with Crippen molar-refractivity contribution in [2.24, 2.45) is 11.7 Å². The number of ether oxygens (including phenoxy) is 1. The number of nitrogen functional groups attached to an aromatic ring is 1. The van der Waals surface area contributed by atoms with Gasteiger partial charge in [-0.1, -0.05) is 48.5 Å². The molecule has 0 radical (unpaired) electrons. The molecule has 1 aliphatic heterocycles. The van der Waals surface area contributed by atoms with E-state index in [1.54, 1.807) is 6.92 Å². The Kier molecular flexibility index (Phi) is 5.09. The molecule has 144 valence electrons. The van der Waals surface area contributed by atoms with Gasteiger partial charge < -0.3 is 16.2 Å². The molecule has 0 saturated heterocycles. The molecule has 28 heavy (non-hydrogen) atoms. The van der Waals surface area contributed by atoms with Crippen molar-refractivity contribution < 1.29 is 9.53 Å². The van der Waals surface area contributed by atoms with Gasteiger partial charge in [-0.2, -0.15) is 9.97 Å². The van der Waals surface area contributed by atoms with Crippen LogP contribution >= 0.6 is 23.4 Å². The lowest BCUT2D eigenvalue weighted by molar-refractivity contribution is -0.120. The molecule has 4 N–H and O–H groups in total. The van der Waals surface area contributed by atoms with Crippen LogP contribution in [0.1, 0.15) is 18.1 Å². The van der Waals surface area contributed by atoms with E-state index < -0.39 is 0 Å². The van der Waals surface area contributed by atoms with E-state index >= 15 is 0 Å². The minimum atomic E-state index is -0.372. The first-order chi connectivity index (χ1) is 13.4. The summed E-state index contributed by atoms with van der Waals surface area (Å²) in [4.78, 5) is 24.3. The molecule has 1 aliphatic rings. The van der Waals surface area contributed by atoms with Crippen molar-refractivity contribution in [1.29, 1.82) is 0 Å². The van der Waals surface area contributed by atoms with E-state index in [0.29, 0.717) is 40.5 Å². The Morgan fingerprint density at radius 3 is 2.86 bits per heavy atom. The summed E-state index contributed by atoms with van der Waals surface area (Å²) >= 11 is 7.91. The molecule has 0 spiro atoms. The Morgan fingerprint density at radius 1 is 1.29 bits per heavy atom. The maximum absolute atomic E-state index is 11.3. The van der Waals surface area contributed by atoms with Crippen molar-refractivity contribution in [2.75, 3.05) is 11.5 Å². The van der Waals surface area contributed by atoms with E-state index in [-0.39, 0.29) is 17.8 Å². The molecule has 0 saturated carbocycles. The number of primary amides is 1. The van der Waals surface area contributed by atoms with Crippen LogP contribution in [-0.4, -0.2) is 26.6 Å². The van der Waals surface area contributed by atoms with Gasteiger partial charge in [-0.25, -0.2) is 4.98 Å². The highest BCUT2D eigenvalue weighted by molar-refractivity contribution is 7.99. The van der Waals surface area contributed by atoms with Crippen LogP contribution in [0.2, 0.25) is 5.02 Å². The molecular weight excluding hydrogens is 398 g/mol. The third-order valence-electron chi connectivity index (χ3n) is 4.60. The number of benzene rings is 2. The summed E-state index contributed by atoms with van der Waals surface area (Å²) in [6.45, 7) is 2.82. The van der Waals surface area contributed by atoms with Crippen molar-refractivity contribution in [1.82, 2.24) is 15.0 Å². The predicted octanol–water partition coefficient (Wildman–Crippen LogP) is 3.17. The highest BCUT2D eigenvalue weighted by Crippen LogP contribution is 2.39. The van der Waals surface area contributed by atoms with Gasteiger partial charge in [0.15, 0.2) is 11.0 Å². The van der Waals surface area contributed by atoms with Crippen molar-refractivity contribution in [3.63, 3.8) is 0 Å². The first-order valence-corrected chi connectivity index (χ1v) is 10.0. The molecular formula is C19H18ClN5O2S. The van der Waals surface area contributed by atoms with Gasteiger partial charge in [-0.05, 0) is 28.0 Å². The minimum Gasteiger partial charge on any atom is -0.372 e. The molecule has 3 aromatic rings. The molecule has 4 rings (SSSR count). The third-order valence-corrected chi connectivity index (χ3v) is 6.01. The number of halogens is 1. The van der Waals surface area contributed by atoms with E-state index in [1.807, 2.05) is 24.3 Å². The average molecular weight is 416 g/mol. The van der Waals surface area contributed by atoms with Crippen molar-refractivity contribution in [3.05, 3.63) is 40.4 Å². The number of amides is 1. The van der Waals surface area contributed by atoms with Crippen LogP contribution in [0.25, 0.3) is 22.2 Å². The topological polar surface area (TPSA) is 117 Å². The van der Waals surface area contributed by atoms with Crippen LogP contribution in [0.4, 0.5) is 5.95 Å². The van der Waals surface area contributed by atoms with E-state index in [0.717, 1.165) is 21.9 Å². The molecule has 2 heterocycles. The quantitative estimate of drug-likeness (QED) is 0.614. The highest BCUT2D eigenvalue weighted by atomic mass is 35.5. The second-order valence-corrected chi connectivity index (χ2v) is 8.03. The highest BCUT2D eigenvalue weighted by Gasteiger charge is 2.21. The molecule has 0 fully saturated rings. The molecule has 2 aromatic carbocycles. The number of carbonyl (C=O) groups is 1. The van der Waals surface area contributed by atoms with Gasteiger partial charge in [0.25, 0.3) is 0 Å². The molecule has 9 heteroatoms. The summed E-state index contributed by atoms with van der Waals surface area (Å²) in [5.41, 5.74) is 14.1. The first kappa shape index (κ1) is 18.9. The van der Waals surface area contributed by atoms with Gasteiger partial charge in [0.2, 0.25) is 11.9 Å². The summed E-state index contributed by atoms with van der Waals surface area (Å²) in [6.07, 6.45) is 0. The fourth-order valence-electron chi connectivity index (χ4n) is 3.18. The lowest BCUT2D eigenvalue weighted by atomic mass is 9.94. The second-order valence-electron chi connectivity index (χ2n) is 6.64. The maximum Gasteiger partial charge on any atom is 0.224 e. The average Bonchev–Trinajstić information content (AvgIpc) is 2.66. The molecule has 0 bridgehead atoms. The molecule has 0 aliphatic carbocycles. The Hall–Kier alpha value is -2.42. The van der Waals surface area contributed by atoms with Gasteiger partial charge in [0, 0.05) is 17.2 Å². The summed E-state index contributed by atoms with van der Waals surface area (Å²) in [6, 6.07) is 7.89. The van der Waals surface area contributed by atoms with E-state index in [1.165, 1.54) is 11.8 Å². The molecule has 1 amide bonds. The number of hydrogen-bond acceptors (Lipinski definition) is 7. The Labute approximate surface area is 170 Å². The fraction of sp³-hybridized carbons (Fsp3) is 0.263. The Balaban J connectivity index is 1.82. The zero-order valence-electron chi connectivity index (χ0n) is 15.1. The standard InChI is InChI=1S/C19H18ClN5O2S/c1-9(16(21)26)8-28-19-24-17(23-18(22)25-19)15-12-4-2-3-10-6-27-7-11(14(10)12)5-13(15)20/h2-5,9H,6-8H2,1H3,(H2,21,26)(H2,22,23,24,25)/t9-/m1/s1. The number of nitrogens with zero attached hydrogens (tertiary/aromatic N) is 3. The monoisotopic (exact) mass is 415 g/mol. The van der Waals surface area contributed by atoms with Crippen molar-refractivity contribution in [2.45, 2.75) is 25.3 Å². The van der Waals surface area contributed by atoms with E-state index in [4.69, 9.17) is 27.8 Å². The van der Waals surface area contributed by atoms with Gasteiger partial charge in [0.05, 0.1) is 18.2 Å². The lowest BCUT2D eigenvalue weighted by Gasteiger charge is -2.20. The number of rotatable bonds is 5. The smallest absolute Gasteiger partial charge is 0.224 e. The van der Waals surface area contributed by atoms with Gasteiger partial charge in [-0.15, -0.1) is 0 Å². The van der Waals surface area contributed by atoms with Gasteiger partial charge >= 0.3 is 0 Å². The van der Waals surface area contributed by atoms with Crippen LogP contribution in [0, 0.1) is 5.92 Å². The molecule has 1 aromatic heterocycles. The summed E-state index contributed by atoms with van der Waals surface area (Å²) < 4.78 is 5.64. The third kappa shape index (κ3) is 3.50. The van der Waals surface area contributed by atoms with Crippen molar-refractivity contribution >= 4 is 46.0 Å². The Morgan fingerprint density at radius 2 is 2.07 bits per heavy atom. The zero-order chi connectivity index (χ0) is 19.8. The zero-order valence-corrected chi connectivity index (χ0v) is 16.7. The number of hydrogen-bond donors (Lipinski definition) is 2. The van der Waals surface area contributed by atoms with Gasteiger partial charge in [0.1, 0.15) is 0 Å². The summed E-state index contributed by atoms with van der Waals surface area (Å²) in [5.74, 6) is 0.271. The van der Waals surface area contributed by atoms with E-state index in [2.05, 4.69) is 15.0 Å². The Bertz CT molecular complexity index is 1090. The summed E-state index contributed by atoms with van der Waals surface area (Å²) in [5, 5.41) is 3.02. The van der Waals surface area contributed by atoms with Gasteiger partial charge in [-0.3, -0.25) is 4.79 Å². The first-order valence-electron chi connectivity index (χ1n) is 8.68. The number of anilines is 1. The summed E-state index contributed by atoms with van der Waals surface area (Å²) in [7, 11) is 0. The maximum atomic E-state index is 11.3. The van der Waals surface area contributed by atoms with Crippen LogP contribution in [0.15, 0.2) is 29.4 Å². The van der Waals surface area contributed by atoms with E-state index in [9.17, 15) is 4.79 Å². The molecule has 0 unspecified atom stereocenters. The predicted molar refractivity (Wildman–Crippen MR) is 110 cm³/mol. The van der Waals surface area contributed by atoms with Crippen LogP contribution in [0.5, 0.6) is 0 Å². The van der Waals surface area contributed by atoms with Crippen LogP contribution < -0.4 is 11.5 Å². The van der Waals surface area contributed by atoms with Crippen molar-refractivity contribution in [3.8, 4) is 11.4 Å².